The molecule has 1 amide bonds. The minimum Gasteiger partial charge on any atom is -0.394 e. The van der Waals surface area contributed by atoms with Crippen LogP contribution in [0.4, 0.5) is 5.69 Å². The van der Waals surface area contributed by atoms with Gasteiger partial charge in [-0.2, -0.15) is 0 Å². The first-order valence-electron chi connectivity index (χ1n) is 6.70. The highest BCUT2D eigenvalue weighted by molar-refractivity contribution is 5.95. The largest absolute Gasteiger partial charge is 0.394 e. The van der Waals surface area contributed by atoms with Crippen LogP contribution in [0.2, 0.25) is 0 Å². The Morgan fingerprint density at radius 3 is 2.29 bits per heavy atom. The van der Waals surface area contributed by atoms with E-state index in [4.69, 9.17) is 5.11 Å². The van der Waals surface area contributed by atoms with Crippen molar-refractivity contribution in [1.82, 2.24) is 5.32 Å². The number of hydrogen-bond donors (Lipinski definition) is 2. The SMILES string of the molecule is CC(C)(CO)NC(=O)c1ccc(C(C)(C)C)c([N+](=O)[O-])c1. The van der Waals surface area contributed by atoms with Gasteiger partial charge in [0.05, 0.1) is 17.1 Å². The van der Waals surface area contributed by atoms with Gasteiger partial charge < -0.3 is 10.4 Å². The second-order valence-corrected chi connectivity index (χ2v) is 6.74. The summed E-state index contributed by atoms with van der Waals surface area (Å²) in [7, 11) is 0. The van der Waals surface area contributed by atoms with Gasteiger partial charge in [-0.25, -0.2) is 0 Å². The maximum absolute atomic E-state index is 12.1. The van der Waals surface area contributed by atoms with Crippen LogP contribution in [0.5, 0.6) is 0 Å². The topological polar surface area (TPSA) is 92.5 Å². The van der Waals surface area contributed by atoms with E-state index in [1.54, 1.807) is 26.0 Å². The van der Waals surface area contributed by atoms with Crippen LogP contribution in [0.15, 0.2) is 18.2 Å². The second-order valence-electron chi connectivity index (χ2n) is 6.74. The highest BCUT2D eigenvalue weighted by Gasteiger charge is 2.27. The highest BCUT2D eigenvalue weighted by atomic mass is 16.6. The van der Waals surface area contributed by atoms with Crippen LogP contribution >= 0.6 is 0 Å². The molecule has 0 saturated carbocycles. The number of amides is 1. The maximum atomic E-state index is 12.1. The number of nitrogens with zero attached hydrogens (tertiary/aromatic N) is 1. The van der Waals surface area contributed by atoms with Crippen molar-refractivity contribution in [2.75, 3.05) is 6.61 Å². The zero-order valence-corrected chi connectivity index (χ0v) is 13.1. The van der Waals surface area contributed by atoms with Crippen molar-refractivity contribution in [1.29, 1.82) is 0 Å². The number of hydrogen-bond acceptors (Lipinski definition) is 4. The number of benzene rings is 1. The van der Waals surface area contributed by atoms with Gasteiger partial charge >= 0.3 is 0 Å². The lowest BCUT2D eigenvalue weighted by molar-refractivity contribution is -0.386. The van der Waals surface area contributed by atoms with Gasteiger partial charge in [-0.05, 0) is 25.3 Å². The van der Waals surface area contributed by atoms with Crippen molar-refractivity contribution in [2.45, 2.75) is 45.6 Å². The summed E-state index contributed by atoms with van der Waals surface area (Å²) < 4.78 is 0. The fourth-order valence-electron chi connectivity index (χ4n) is 1.88. The van der Waals surface area contributed by atoms with Crippen molar-refractivity contribution in [3.05, 3.63) is 39.4 Å². The fraction of sp³-hybridized carbons (Fsp3) is 0.533. The van der Waals surface area contributed by atoms with Crippen LogP contribution in [0.3, 0.4) is 0 Å². The number of aliphatic hydroxyl groups excluding tert-OH is 1. The first-order chi connectivity index (χ1) is 9.48. The van der Waals surface area contributed by atoms with E-state index in [0.29, 0.717) is 5.56 Å². The van der Waals surface area contributed by atoms with Crippen molar-refractivity contribution < 1.29 is 14.8 Å². The Bertz CT molecular complexity index is 559. The van der Waals surface area contributed by atoms with Gasteiger partial charge in [-0.3, -0.25) is 14.9 Å². The first kappa shape index (κ1) is 17.1. The summed E-state index contributed by atoms with van der Waals surface area (Å²) in [4.78, 5) is 22.9. The molecule has 1 rings (SSSR count). The van der Waals surface area contributed by atoms with Crippen LogP contribution in [0.25, 0.3) is 0 Å². The van der Waals surface area contributed by atoms with Crippen LogP contribution in [-0.4, -0.2) is 28.1 Å². The summed E-state index contributed by atoms with van der Waals surface area (Å²) in [5.41, 5.74) is -0.463. The van der Waals surface area contributed by atoms with Crippen LogP contribution in [0, 0.1) is 10.1 Å². The van der Waals surface area contributed by atoms with Gasteiger partial charge in [0.25, 0.3) is 11.6 Å². The van der Waals surface area contributed by atoms with E-state index in [-0.39, 0.29) is 23.3 Å². The Morgan fingerprint density at radius 1 is 1.29 bits per heavy atom. The second kappa shape index (κ2) is 5.81. The number of carbonyl (C=O) groups is 1. The Kier molecular flexibility index (Phi) is 4.73. The molecule has 0 spiro atoms. The van der Waals surface area contributed by atoms with Crippen LogP contribution < -0.4 is 5.32 Å². The molecule has 0 aliphatic carbocycles. The van der Waals surface area contributed by atoms with E-state index in [1.807, 2.05) is 20.8 Å². The molecule has 0 bridgehead atoms. The zero-order chi connectivity index (χ0) is 16.4. The minimum atomic E-state index is -0.783. The summed E-state index contributed by atoms with van der Waals surface area (Å²) in [6.07, 6.45) is 0. The summed E-state index contributed by atoms with van der Waals surface area (Å²) in [6.45, 7) is 8.75. The highest BCUT2D eigenvalue weighted by Crippen LogP contribution is 2.31. The molecule has 0 radical (unpaired) electrons. The number of nitrogens with one attached hydrogen (secondary N) is 1. The summed E-state index contributed by atoms with van der Waals surface area (Å²) in [5, 5.41) is 23.0. The lowest BCUT2D eigenvalue weighted by Crippen LogP contribution is -2.46. The number of nitro groups is 1. The Balaban J connectivity index is 3.21. The Labute approximate surface area is 124 Å². The molecule has 0 fully saturated rings. The van der Waals surface area contributed by atoms with Crippen molar-refractivity contribution >= 4 is 11.6 Å². The average Bonchev–Trinajstić information content (AvgIpc) is 2.36. The van der Waals surface area contributed by atoms with E-state index < -0.39 is 16.4 Å². The molecular formula is C15H22N2O4. The summed E-state index contributed by atoms with van der Waals surface area (Å²) >= 11 is 0. The predicted molar refractivity (Wildman–Crippen MR) is 80.4 cm³/mol. The van der Waals surface area contributed by atoms with Crippen molar-refractivity contribution in [3.8, 4) is 0 Å². The lowest BCUT2D eigenvalue weighted by atomic mass is 9.85. The van der Waals surface area contributed by atoms with Crippen LogP contribution in [-0.2, 0) is 5.41 Å². The summed E-state index contributed by atoms with van der Waals surface area (Å²) in [5.74, 6) is -0.447. The monoisotopic (exact) mass is 294 g/mol. The number of rotatable bonds is 4. The third-order valence-corrected chi connectivity index (χ3v) is 3.11. The molecule has 2 N–H and O–H groups in total. The number of carbonyl (C=O) groups excluding carboxylic acids is 1. The average molecular weight is 294 g/mol. The third-order valence-electron chi connectivity index (χ3n) is 3.11. The molecule has 116 valence electrons. The molecule has 1 aromatic rings. The third kappa shape index (κ3) is 4.26. The lowest BCUT2D eigenvalue weighted by Gasteiger charge is -2.24. The molecule has 0 atom stereocenters. The molecule has 6 nitrogen and oxygen atoms in total. The minimum absolute atomic E-state index is 0.0723. The Hall–Kier alpha value is -1.95. The number of aliphatic hydroxyl groups is 1. The first-order valence-corrected chi connectivity index (χ1v) is 6.70. The van der Waals surface area contributed by atoms with Crippen molar-refractivity contribution in [2.24, 2.45) is 0 Å². The van der Waals surface area contributed by atoms with Gasteiger partial charge in [0, 0.05) is 17.2 Å². The van der Waals surface area contributed by atoms with E-state index >= 15 is 0 Å². The molecule has 0 aromatic heterocycles. The smallest absolute Gasteiger partial charge is 0.273 e. The van der Waals surface area contributed by atoms with E-state index in [0.717, 1.165) is 0 Å². The molecule has 6 heteroatoms. The predicted octanol–water partition coefficient (Wildman–Crippen LogP) is 2.39. The van der Waals surface area contributed by atoms with E-state index in [1.165, 1.54) is 6.07 Å². The summed E-state index contributed by atoms with van der Waals surface area (Å²) in [6, 6.07) is 4.46. The van der Waals surface area contributed by atoms with E-state index in [2.05, 4.69) is 5.32 Å². The standard InChI is InChI=1S/C15H22N2O4/c1-14(2,3)11-7-6-10(8-12(11)17(20)21)13(19)16-15(4,5)9-18/h6-8,18H,9H2,1-5H3,(H,16,19). The van der Waals surface area contributed by atoms with Gasteiger partial charge in [0.1, 0.15) is 0 Å². The molecule has 21 heavy (non-hydrogen) atoms. The number of nitro benzene ring substituents is 1. The molecule has 0 unspecified atom stereocenters. The maximum Gasteiger partial charge on any atom is 0.273 e. The normalized spacial score (nSPS) is 12.1. The van der Waals surface area contributed by atoms with Gasteiger partial charge in [-0.15, -0.1) is 0 Å². The van der Waals surface area contributed by atoms with Crippen molar-refractivity contribution in [3.63, 3.8) is 0 Å². The zero-order valence-electron chi connectivity index (χ0n) is 13.1. The Morgan fingerprint density at radius 2 is 1.86 bits per heavy atom. The van der Waals surface area contributed by atoms with Crippen LogP contribution in [0.1, 0.15) is 50.5 Å². The molecule has 0 aliphatic rings. The molecule has 1 aromatic carbocycles. The molecular weight excluding hydrogens is 272 g/mol. The fourth-order valence-corrected chi connectivity index (χ4v) is 1.88. The van der Waals surface area contributed by atoms with Gasteiger partial charge in [0.2, 0.25) is 0 Å². The van der Waals surface area contributed by atoms with E-state index in [9.17, 15) is 14.9 Å². The molecule has 0 heterocycles. The molecule has 0 aliphatic heterocycles. The quantitative estimate of drug-likeness (QED) is 0.658. The van der Waals surface area contributed by atoms with Gasteiger partial charge in [-0.1, -0.05) is 26.8 Å². The van der Waals surface area contributed by atoms with Gasteiger partial charge in [0.15, 0.2) is 0 Å². The molecule has 0 saturated heterocycles.